The minimum Gasteiger partial charge on any atom is -0.454 e. The van der Waals surface area contributed by atoms with Crippen LogP contribution in [0.15, 0.2) is 57.9 Å². The molecule has 0 aliphatic carbocycles. The Balaban J connectivity index is 2.24. The summed E-state index contributed by atoms with van der Waals surface area (Å²) in [5, 5.41) is 0. The Morgan fingerprint density at radius 2 is 1.89 bits per heavy atom. The SMILES string of the molecule is Cc1ccc(-c2cc(=O)c3ncccc3o2)cc1. The molecule has 18 heavy (non-hydrogen) atoms. The Hall–Kier alpha value is -2.42. The van der Waals surface area contributed by atoms with E-state index in [1.165, 1.54) is 11.6 Å². The van der Waals surface area contributed by atoms with Gasteiger partial charge in [-0.1, -0.05) is 29.8 Å². The van der Waals surface area contributed by atoms with Crippen molar-refractivity contribution in [2.45, 2.75) is 6.92 Å². The second kappa shape index (κ2) is 4.11. The van der Waals surface area contributed by atoms with Crippen molar-refractivity contribution in [3.8, 4) is 11.3 Å². The van der Waals surface area contributed by atoms with E-state index in [0.717, 1.165) is 5.56 Å². The van der Waals surface area contributed by atoms with Crippen LogP contribution >= 0.6 is 0 Å². The van der Waals surface area contributed by atoms with Crippen molar-refractivity contribution in [2.24, 2.45) is 0 Å². The lowest BCUT2D eigenvalue weighted by atomic mass is 10.1. The molecule has 3 nitrogen and oxygen atoms in total. The third-order valence-electron chi connectivity index (χ3n) is 2.82. The van der Waals surface area contributed by atoms with Crippen LogP contribution in [0.4, 0.5) is 0 Å². The van der Waals surface area contributed by atoms with Crippen molar-refractivity contribution in [1.29, 1.82) is 0 Å². The maximum Gasteiger partial charge on any atom is 0.211 e. The Labute approximate surface area is 104 Å². The molecule has 0 radical (unpaired) electrons. The van der Waals surface area contributed by atoms with Gasteiger partial charge in [-0.05, 0) is 19.1 Å². The van der Waals surface area contributed by atoms with Gasteiger partial charge in [0.2, 0.25) is 5.43 Å². The summed E-state index contributed by atoms with van der Waals surface area (Å²) < 4.78 is 5.71. The summed E-state index contributed by atoms with van der Waals surface area (Å²) in [5.41, 5.74) is 2.83. The molecule has 3 aromatic rings. The van der Waals surface area contributed by atoms with Gasteiger partial charge in [-0.2, -0.15) is 0 Å². The van der Waals surface area contributed by atoms with E-state index in [-0.39, 0.29) is 5.43 Å². The smallest absolute Gasteiger partial charge is 0.211 e. The number of hydrogen-bond acceptors (Lipinski definition) is 3. The molecule has 3 rings (SSSR count). The Morgan fingerprint density at radius 3 is 2.67 bits per heavy atom. The third kappa shape index (κ3) is 1.80. The van der Waals surface area contributed by atoms with Gasteiger partial charge in [0.1, 0.15) is 5.76 Å². The van der Waals surface area contributed by atoms with Crippen molar-refractivity contribution < 1.29 is 4.42 Å². The molecular formula is C15H11NO2. The molecule has 0 aliphatic heterocycles. The number of nitrogens with zero attached hydrogens (tertiary/aromatic N) is 1. The molecule has 0 aliphatic rings. The quantitative estimate of drug-likeness (QED) is 0.653. The number of rotatable bonds is 1. The van der Waals surface area contributed by atoms with E-state index in [4.69, 9.17) is 4.42 Å². The molecule has 3 heteroatoms. The maximum absolute atomic E-state index is 11.9. The summed E-state index contributed by atoms with van der Waals surface area (Å²) in [6, 6.07) is 12.8. The number of benzene rings is 1. The van der Waals surface area contributed by atoms with Crippen LogP contribution in [-0.4, -0.2) is 4.98 Å². The van der Waals surface area contributed by atoms with Gasteiger partial charge in [0.15, 0.2) is 11.1 Å². The van der Waals surface area contributed by atoms with Crippen molar-refractivity contribution in [2.75, 3.05) is 0 Å². The van der Waals surface area contributed by atoms with E-state index in [1.54, 1.807) is 18.3 Å². The van der Waals surface area contributed by atoms with Crippen LogP contribution in [0, 0.1) is 6.92 Å². The van der Waals surface area contributed by atoms with Crippen LogP contribution in [0.3, 0.4) is 0 Å². The minimum absolute atomic E-state index is 0.118. The summed E-state index contributed by atoms with van der Waals surface area (Å²) in [5.74, 6) is 0.570. The summed E-state index contributed by atoms with van der Waals surface area (Å²) in [6.45, 7) is 2.02. The third-order valence-corrected chi connectivity index (χ3v) is 2.82. The molecule has 88 valence electrons. The summed E-state index contributed by atoms with van der Waals surface area (Å²) in [4.78, 5) is 15.9. The van der Waals surface area contributed by atoms with E-state index in [0.29, 0.717) is 16.9 Å². The normalized spacial score (nSPS) is 10.7. The maximum atomic E-state index is 11.9. The number of hydrogen-bond donors (Lipinski definition) is 0. The van der Waals surface area contributed by atoms with E-state index in [1.807, 2.05) is 31.2 Å². The van der Waals surface area contributed by atoms with Crippen LogP contribution in [-0.2, 0) is 0 Å². The average molecular weight is 237 g/mol. The van der Waals surface area contributed by atoms with E-state index < -0.39 is 0 Å². The zero-order valence-corrected chi connectivity index (χ0v) is 9.88. The number of aryl methyl sites for hydroxylation is 1. The van der Waals surface area contributed by atoms with Crippen LogP contribution in [0.25, 0.3) is 22.4 Å². The lowest BCUT2D eigenvalue weighted by Crippen LogP contribution is -2.02. The first kappa shape index (κ1) is 10.7. The zero-order chi connectivity index (χ0) is 12.5. The molecule has 0 N–H and O–H groups in total. The van der Waals surface area contributed by atoms with Crippen LogP contribution < -0.4 is 5.43 Å². The average Bonchev–Trinajstić information content (AvgIpc) is 2.39. The zero-order valence-electron chi connectivity index (χ0n) is 9.88. The first-order valence-electron chi connectivity index (χ1n) is 5.70. The van der Waals surface area contributed by atoms with E-state index >= 15 is 0 Å². The van der Waals surface area contributed by atoms with Crippen molar-refractivity contribution >= 4 is 11.1 Å². The molecule has 0 bridgehead atoms. The van der Waals surface area contributed by atoms with Crippen LogP contribution in [0.2, 0.25) is 0 Å². The number of pyridine rings is 1. The fourth-order valence-electron chi connectivity index (χ4n) is 1.85. The molecule has 0 atom stereocenters. The molecular weight excluding hydrogens is 226 g/mol. The monoisotopic (exact) mass is 237 g/mol. The molecule has 2 aromatic heterocycles. The van der Waals surface area contributed by atoms with Gasteiger partial charge in [0, 0.05) is 17.8 Å². The van der Waals surface area contributed by atoms with Gasteiger partial charge >= 0.3 is 0 Å². The van der Waals surface area contributed by atoms with E-state index in [9.17, 15) is 4.79 Å². The number of aromatic nitrogens is 1. The molecule has 0 unspecified atom stereocenters. The molecule has 0 amide bonds. The standard InChI is InChI=1S/C15H11NO2/c1-10-4-6-11(7-5-10)14-9-12(17)15-13(18-14)3-2-8-16-15/h2-9H,1H3. The highest BCUT2D eigenvalue weighted by atomic mass is 16.3. The van der Waals surface area contributed by atoms with Gasteiger partial charge in [-0.15, -0.1) is 0 Å². The predicted molar refractivity (Wildman–Crippen MR) is 70.5 cm³/mol. The van der Waals surface area contributed by atoms with Crippen molar-refractivity contribution in [1.82, 2.24) is 4.98 Å². The molecule has 2 heterocycles. The molecule has 0 spiro atoms. The lowest BCUT2D eigenvalue weighted by molar-refractivity contribution is 0.617. The Bertz CT molecular complexity index is 757. The van der Waals surface area contributed by atoms with Crippen LogP contribution in [0.1, 0.15) is 5.56 Å². The first-order valence-corrected chi connectivity index (χ1v) is 5.70. The highest BCUT2D eigenvalue weighted by molar-refractivity contribution is 5.74. The Kier molecular flexibility index (Phi) is 2.45. The highest BCUT2D eigenvalue weighted by Gasteiger charge is 2.06. The van der Waals surface area contributed by atoms with Crippen molar-refractivity contribution in [3.63, 3.8) is 0 Å². The second-order valence-corrected chi connectivity index (χ2v) is 4.19. The minimum atomic E-state index is -0.118. The summed E-state index contributed by atoms with van der Waals surface area (Å²) in [7, 11) is 0. The van der Waals surface area contributed by atoms with Gasteiger partial charge < -0.3 is 4.42 Å². The molecule has 0 saturated heterocycles. The van der Waals surface area contributed by atoms with E-state index in [2.05, 4.69) is 4.98 Å². The van der Waals surface area contributed by atoms with Gasteiger partial charge in [-0.3, -0.25) is 4.79 Å². The fraction of sp³-hybridized carbons (Fsp3) is 0.0667. The second-order valence-electron chi connectivity index (χ2n) is 4.19. The predicted octanol–water partition coefficient (Wildman–Crippen LogP) is 3.16. The summed E-state index contributed by atoms with van der Waals surface area (Å²) >= 11 is 0. The highest BCUT2D eigenvalue weighted by Crippen LogP contribution is 2.21. The van der Waals surface area contributed by atoms with Crippen molar-refractivity contribution in [3.05, 3.63) is 64.4 Å². The summed E-state index contributed by atoms with van der Waals surface area (Å²) in [6.07, 6.45) is 1.59. The molecule has 0 saturated carbocycles. The Morgan fingerprint density at radius 1 is 1.11 bits per heavy atom. The fourth-order valence-corrected chi connectivity index (χ4v) is 1.85. The van der Waals surface area contributed by atoms with Gasteiger partial charge in [-0.25, -0.2) is 4.98 Å². The molecule has 1 aromatic carbocycles. The van der Waals surface area contributed by atoms with Crippen LogP contribution in [0.5, 0.6) is 0 Å². The number of fused-ring (bicyclic) bond motifs is 1. The lowest BCUT2D eigenvalue weighted by Gasteiger charge is -2.02. The van der Waals surface area contributed by atoms with Gasteiger partial charge in [0.05, 0.1) is 0 Å². The largest absolute Gasteiger partial charge is 0.454 e. The van der Waals surface area contributed by atoms with Gasteiger partial charge in [0.25, 0.3) is 0 Å². The first-order chi connectivity index (χ1) is 8.74. The topological polar surface area (TPSA) is 43.1 Å². The molecule has 0 fully saturated rings.